The summed E-state index contributed by atoms with van der Waals surface area (Å²) in [7, 11) is -1.77. The zero-order chi connectivity index (χ0) is 23.3. The summed E-state index contributed by atoms with van der Waals surface area (Å²) in [6.07, 6.45) is 6.58. The number of nitrogens with one attached hydrogen (secondary N) is 1. The van der Waals surface area contributed by atoms with Crippen LogP contribution < -0.4 is 4.74 Å². The predicted octanol–water partition coefficient (Wildman–Crippen LogP) is 3.71. The van der Waals surface area contributed by atoms with Gasteiger partial charge in [-0.05, 0) is 36.8 Å². The fourth-order valence-corrected chi connectivity index (χ4v) is 5.48. The lowest BCUT2D eigenvalue weighted by atomic mass is 9.92. The number of fused-ring (bicyclic) bond motifs is 2. The molecule has 1 saturated carbocycles. The quantitative estimate of drug-likeness (QED) is 0.466. The minimum Gasteiger partial charge on any atom is -0.486 e. The van der Waals surface area contributed by atoms with E-state index >= 15 is 0 Å². The Balaban J connectivity index is 1.58. The average Bonchev–Trinajstić information content (AvgIpc) is 3.38. The summed E-state index contributed by atoms with van der Waals surface area (Å²) >= 11 is 0. The van der Waals surface area contributed by atoms with Gasteiger partial charge in [0, 0.05) is 60.5 Å². The normalized spacial score (nSPS) is 18.4. The third-order valence-electron chi connectivity index (χ3n) is 6.30. The second-order valence-electron chi connectivity index (χ2n) is 8.60. The number of hydrogen-bond donors (Lipinski definition) is 1. The first-order chi connectivity index (χ1) is 15.8. The zero-order valence-corrected chi connectivity index (χ0v) is 19.4. The molecule has 2 aromatic heterocycles. The lowest BCUT2D eigenvalue weighted by Gasteiger charge is -2.34. The number of rotatable bonds is 6. The summed E-state index contributed by atoms with van der Waals surface area (Å²) in [4.78, 5) is 3.49. The Kier molecular flexibility index (Phi) is 5.15. The van der Waals surface area contributed by atoms with E-state index in [1.165, 1.54) is 6.26 Å². The highest BCUT2D eigenvalue weighted by Gasteiger charge is 2.32. The van der Waals surface area contributed by atoms with Gasteiger partial charge in [0.25, 0.3) is 0 Å². The number of H-pyrrole nitrogens is 1. The molecule has 0 radical (unpaired) electrons. The predicted molar refractivity (Wildman–Crippen MR) is 124 cm³/mol. The van der Waals surface area contributed by atoms with Crippen LogP contribution in [0.2, 0.25) is 0 Å². The number of aromatic amines is 1. The second kappa shape index (κ2) is 7.90. The molecule has 2 aromatic carbocycles. The van der Waals surface area contributed by atoms with Crippen molar-refractivity contribution < 1.29 is 17.9 Å². The molecule has 0 spiro atoms. The second-order valence-corrected chi connectivity index (χ2v) is 10.6. The van der Waals surface area contributed by atoms with E-state index in [9.17, 15) is 13.7 Å². The number of methoxy groups -OCH3 is 1. The number of nitriles is 1. The van der Waals surface area contributed by atoms with E-state index in [0.717, 1.165) is 34.7 Å². The fraction of sp³-hybridized carbons (Fsp3) is 0.333. The SMILES string of the molecule is COC1CC(Oc2c(C#N)ccc3cn(Cc4c(S(C)(=O)=O)cc(C)c5[nH]ccc45)nc23)C1. The van der Waals surface area contributed by atoms with Crippen LogP contribution in [0.25, 0.3) is 21.8 Å². The van der Waals surface area contributed by atoms with Gasteiger partial charge in [-0.2, -0.15) is 10.4 Å². The van der Waals surface area contributed by atoms with Crippen molar-refractivity contribution in [1.29, 1.82) is 5.26 Å². The van der Waals surface area contributed by atoms with E-state index in [1.807, 2.05) is 31.5 Å². The zero-order valence-electron chi connectivity index (χ0n) is 18.6. The molecule has 2 heterocycles. The topological polar surface area (TPSA) is 110 Å². The van der Waals surface area contributed by atoms with Crippen LogP contribution in [0.5, 0.6) is 5.75 Å². The monoisotopic (exact) mass is 464 g/mol. The Labute approximate surface area is 191 Å². The van der Waals surface area contributed by atoms with E-state index in [2.05, 4.69) is 11.1 Å². The van der Waals surface area contributed by atoms with Crippen molar-refractivity contribution >= 4 is 31.6 Å². The Morgan fingerprint density at radius 2 is 2.06 bits per heavy atom. The van der Waals surface area contributed by atoms with Crippen LogP contribution >= 0.6 is 0 Å². The van der Waals surface area contributed by atoms with E-state index in [0.29, 0.717) is 27.3 Å². The van der Waals surface area contributed by atoms with Crippen LogP contribution in [0.15, 0.2) is 41.6 Å². The Morgan fingerprint density at radius 3 is 2.76 bits per heavy atom. The molecule has 5 rings (SSSR count). The lowest BCUT2D eigenvalue weighted by molar-refractivity contribution is -0.0377. The van der Waals surface area contributed by atoms with E-state index < -0.39 is 9.84 Å². The maximum absolute atomic E-state index is 12.6. The van der Waals surface area contributed by atoms with Gasteiger partial charge in [0.05, 0.1) is 23.1 Å². The maximum atomic E-state index is 12.6. The number of ether oxygens (including phenoxy) is 2. The highest BCUT2D eigenvalue weighted by atomic mass is 32.2. The van der Waals surface area contributed by atoms with Crippen molar-refractivity contribution in [3.8, 4) is 11.8 Å². The molecule has 0 amide bonds. The standard InChI is InChI=1S/C24H24N4O4S/c1-14-8-21(33(3,29)30)20(19-6-7-26-22(14)19)13-28-12-16-5-4-15(11-25)24(23(16)27-28)32-18-9-17(10-18)31-2/h4-8,12,17-18,26H,9-10,13H2,1-3H3. The molecule has 0 atom stereocenters. The summed E-state index contributed by atoms with van der Waals surface area (Å²) < 4.78 is 38.3. The first-order valence-corrected chi connectivity index (χ1v) is 12.6. The molecule has 4 aromatic rings. The molecule has 0 bridgehead atoms. The Hall–Kier alpha value is -3.35. The van der Waals surface area contributed by atoms with Crippen LogP contribution in [-0.2, 0) is 21.1 Å². The lowest BCUT2D eigenvalue weighted by Crippen LogP contribution is -2.39. The average molecular weight is 465 g/mol. The van der Waals surface area contributed by atoms with E-state index in [4.69, 9.17) is 14.6 Å². The smallest absolute Gasteiger partial charge is 0.175 e. The van der Waals surface area contributed by atoms with Crippen molar-refractivity contribution in [2.24, 2.45) is 0 Å². The van der Waals surface area contributed by atoms with E-state index in [1.54, 1.807) is 23.9 Å². The molecular formula is C24H24N4O4S. The first-order valence-electron chi connectivity index (χ1n) is 10.7. The van der Waals surface area contributed by atoms with Crippen molar-refractivity contribution in [3.63, 3.8) is 0 Å². The molecule has 1 aliphatic rings. The van der Waals surface area contributed by atoms with Crippen molar-refractivity contribution in [3.05, 3.63) is 53.3 Å². The first kappa shape index (κ1) is 21.5. The summed E-state index contributed by atoms with van der Waals surface area (Å²) in [5.41, 5.74) is 3.47. The summed E-state index contributed by atoms with van der Waals surface area (Å²) in [6.45, 7) is 2.16. The van der Waals surface area contributed by atoms with Gasteiger partial charge in [-0.3, -0.25) is 4.68 Å². The Morgan fingerprint density at radius 1 is 1.27 bits per heavy atom. The summed E-state index contributed by atoms with van der Waals surface area (Å²) in [5, 5.41) is 16.0. The van der Waals surface area contributed by atoms with Crippen LogP contribution in [0, 0.1) is 18.3 Å². The highest BCUT2D eigenvalue weighted by Crippen LogP contribution is 2.35. The highest BCUT2D eigenvalue weighted by molar-refractivity contribution is 7.90. The molecule has 1 aliphatic carbocycles. The number of nitrogens with zero attached hydrogens (tertiary/aromatic N) is 3. The molecule has 33 heavy (non-hydrogen) atoms. The van der Waals surface area contributed by atoms with Crippen LogP contribution in [0.3, 0.4) is 0 Å². The third kappa shape index (κ3) is 3.75. The summed E-state index contributed by atoms with van der Waals surface area (Å²) in [6, 6.07) is 9.35. The van der Waals surface area contributed by atoms with Crippen LogP contribution in [-0.4, -0.2) is 48.8 Å². The molecule has 1 fully saturated rings. The van der Waals surface area contributed by atoms with Crippen LogP contribution in [0.1, 0.15) is 29.5 Å². The number of aromatic nitrogens is 3. The number of hydrogen-bond acceptors (Lipinski definition) is 6. The molecule has 0 unspecified atom stereocenters. The number of benzene rings is 2. The Bertz CT molecular complexity index is 1520. The van der Waals surface area contributed by atoms with E-state index in [-0.39, 0.29) is 18.8 Å². The minimum atomic E-state index is -3.45. The van der Waals surface area contributed by atoms with Gasteiger partial charge in [-0.1, -0.05) is 0 Å². The molecule has 8 nitrogen and oxygen atoms in total. The molecule has 0 saturated heterocycles. The van der Waals surface area contributed by atoms with Crippen molar-refractivity contribution in [1.82, 2.24) is 14.8 Å². The maximum Gasteiger partial charge on any atom is 0.175 e. The summed E-state index contributed by atoms with van der Waals surface area (Å²) in [5.74, 6) is 0.465. The van der Waals surface area contributed by atoms with Crippen molar-refractivity contribution in [2.45, 2.75) is 43.4 Å². The molecule has 170 valence electrons. The van der Waals surface area contributed by atoms with Gasteiger partial charge >= 0.3 is 0 Å². The molecule has 9 heteroatoms. The van der Waals surface area contributed by atoms with Crippen molar-refractivity contribution in [2.75, 3.05) is 13.4 Å². The van der Waals surface area contributed by atoms with Gasteiger partial charge < -0.3 is 14.5 Å². The molecule has 1 N–H and O–H groups in total. The van der Waals surface area contributed by atoms with Gasteiger partial charge in [-0.25, -0.2) is 8.42 Å². The van der Waals surface area contributed by atoms with Crippen LogP contribution in [0.4, 0.5) is 0 Å². The fourth-order valence-electron chi connectivity index (χ4n) is 4.46. The minimum absolute atomic E-state index is 0.0220. The van der Waals surface area contributed by atoms with Gasteiger partial charge in [0.1, 0.15) is 17.7 Å². The van der Waals surface area contributed by atoms with Gasteiger partial charge in [0.2, 0.25) is 0 Å². The largest absolute Gasteiger partial charge is 0.486 e. The molecule has 0 aliphatic heterocycles. The van der Waals surface area contributed by atoms with Gasteiger partial charge in [-0.15, -0.1) is 0 Å². The number of sulfone groups is 1. The third-order valence-corrected chi connectivity index (χ3v) is 7.46. The number of aryl methyl sites for hydroxylation is 1. The molecular weight excluding hydrogens is 440 g/mol. The van der Waals surface area contributed by atoms with Gasteiger partial charge in [0.15, 0.2) is 15.6 Å².